The molecule has 2 N–H and O–H groups in total. The van der Waals surface area contributed by atoms with Crippen LogP contribution in [0.1, 0.15) is 52.1 Å². The highest BCUT2D eigenvalue weighted by atomic mass is 19.1. The van der Waals surface area contributed by atoms with Crippen molar-refractivity contribution >= 4 is 11.8 Å². The Balaban J connectivity index is 2.27. The second-order valence-electron chi connectivity index (χ2n) is 5.64. The molecule has 0 heterocycles. The van der Waals surface area contributed by atoms with Crippen molar-refractivity contribution in [3.8, 4) is 11.5 Å². The number of aromatic hydroxyl groups is 1. The molecule has 0 amide bonds. The molecule has 132 valence electrons. The fourth-order valence-electron chi connectivity index (χ4n) is 2.48. The van der Waals surface area contributed by atoms with Crippen molar-refractivity contribution in [2.45, 2.75) is 33.3 Å². The van der Waals surface area contributed by atoms with Crippen LogP contribution in [-0.4, -0.2) is 22.0 Å². The van der Waals surface area contributed by atoms with Crippen LogP contribution in [0.3, 0.4) is 0 Å². The summed E-state index contributed by atoms with van der Waals surface area (Å²) in [6.07, 6.45) is 1.23. The molecule has 0 fully saturated rings. The lowest BCUT2D eigenvalue weighted by atomic mass is 10.0. The number of phenols is 1. The normalized spacial score (nSPS) is 10.5. The fourth-order valence-corrected chi connectivity index (χ4v) is 2.48. The molecule has 6 heteroatoms. The fraction of sp³-hybridized carbons (Fsp3) is 0.263. The van der Waals surface area contributed by atoms with Gasteiger partial charge in [-0.2, -0.15) is 0 Å². The van der Waals surface area contributed by atoms with Crippen LogP contribution >= 0.6 is 0 Å². The number of carbonyl (C=O) groups excluding carboxylic acids is 1. The van der Waals surface area contributed by atoms with Gasteiger partial charge in [0.05, 0.1) is 11.1 Å². The Labute approximate surface area is 144 Å². The third-order valence-corrected chi connectivity index (χ3v) is 3.80. The van der Waals surface area contributed by atoms with E-state index in [1.54, 1.807) is 6.07 Å². The lowest BCUT2D eigenvalue weighted by Gasteiger charge is -2.15. The monoisotopic (exact) mass is 346 g/mol. The molecule has 5 nitrogen and oxygen atoms in total. The number of Topliss-reactive ketones (excluding diaryl/α,β-unsaturated/α-hetero) is 1. The smallest absolute Gasteiger partial charge is 0.335 e. The Kier molecular flexibility index (Phi) is 5.75. The average molecular weight is 346 g/mol. The number of ether oxygens (including phenoxy) is 1. The summed E-state index contributed by atoms with van der Waals surface area (Å²) in [7, 11) is 0. The number of benzene rings is 2. The molecule has 0 spiro atoms. The number of hydrogen-bond acceptors (Lipinski definition) is 4. The predicted octanol–water partition coefficient (Wildman–Crippen LogP) is 3.96. The van der Waals surface area contributed by atoms with Crippen LogP contribution in [-0.2, 0) is 13.0 Å². The van der Waals surface area contributed by atoms with Gasteiger partial charge in [0.25, 0.3) is 0 Å². The number of ketones is 1. The lowest BCUT2D eigenvalue weighted by Crippen LogP contribution is -2.05. The summed E-state index contributed by atoms with van der Waals surface area (Å²) in [5, 5.41) is 19.1. The minimum Gasteiger partial charge on any atom is -0.507 e. The van der Waals surface area contributed by atoms with Crippen LogP contribution in [0.15, 0.2) is 30.3 Å². The standard InChI is InChI=1S/C19H19FO5/c1-3-4-15-17(8-7-14(11(2)21)18(15)22)25-10-13-6-5-12(19(23)24)9-16(13)20/h5-9,22H,3-4,10H2,1-2H3,(H,23,24). The molecule has 0 aliphatic rings. The maximum Gasteiger partial charge on any atom is 0.335 e. The van der Waals surface area contributed by atoms with E-state index in [4.69, 9.17) is 9.84 Å². The molecule has 0 radical (unpaired) electrons. The van der Waals surface area contributed by atoms with Gasteiger partial charge in [-0.05, 0) is 37.6 Å². The van der Waals surface area contributed by atoms with Gasteiger partial charge in [0.15, 0.2) is 5.78 Å². The maximum absolute atomic E-state index is 14.0. The Morgan fingerprint density at radius 2 is 1.92 bits per heavy atom. The van der Waals surface area contributed by atoms with Crippen molar-refractivity contribution in [3.05, 3.63) is 58.4 Å². The number of halogens is 1. The largest absolute Gasteiger partial charge is 0.507 e. The first-order valence-electron chi connectivity index (χ1n) is 7.85. The molecular formula is C19H19FO5. The Hall–Kier alpha value is -2.89. The van der Waals surface area contributed by atoms with Gasteiger partial charge in [-0.25, -0.2) is 9.18 Å². The number of hydrogen-bond donors (Lipinski definition) is 2. The molecular weight excluding hydrogens is 327 g/mol. The lowest BCUT2D eigenvalue weighted by molar-refractivity contribution is 0.0696. The van der Waals surface area contributed by atoms with Gasteiger partial charge >= 0.3 is 5.97 Å². The van der Waals surface area contributed by atoms with Crippen LogP contribution in [0.4, 0.5) is 4.39 Å². The third kappa shape index (κ3) is 4.15. The maximum atomic E-state index is 14.0. The van der Waals surface area contributed by atoms with Gasteiger partial charge in [0, 0.05) is 11.1 Å². The molecule has 0 saturated carbocycles. The van der Waals surface area contributed by atoms with Crippen LogP contribution in [0, 0.1) is 5.82 Å². The SMILES string of the molecule is CCCc1c(OCc2ccc(C(=O)O)cc2F)ccc(C(C)=O)c1O. The quantitative estimate of drug-likeness (QED) is 0.741. The highest BCUT2D eigenvalue weighted by Gasteiger charge is 2.16. The number of phenolic OH excluding ortho intramolecular Hbond substituents is 1. The molecule has 0 aliphatic heterocycles. The van der Waals surface area contributed by atoms with E-state index in [1.165, 1.54) is 25.1 Å². The van der Waals surface area contributed by atoms with Crippen molar-refractivity contribution < 1.29 is 28.9 Å². The minimum atomic E-state index is -1.21. The van der Waals surface area contributed by atoms with Crippen LogP contribution in [0.25, 0.3) is 0 Å². The first-order valence-corrected chi connectivity index (χ1v) is 7.85. The zero-order chi connectivity index (χ0) is 18.6. The van der Waals surface area contributed by atoms with E-state index in [0.717, 1.165) is 12.5 Å². The van der Waals surface area contributed by atoms with Gasteiger partial charge in [0.2, 0.25) is 0 Å². The van der Waals surface area contributed by atoms with E-state index in [0.29, 0.717) is 17.7 Å². The van der Waals surface area contributed by atoms with Crippen LogP contribution in [0.5, 0.6) is 11.5 Å². The second-order valence-corrected chi connectivity index (χ2v) is 5.64. The number of rotatable bonds is 7. The summed E-state index contributed by atoms with van der Waals surface area (Å²) < 4.78 is 19.6. The topological polar surface area (TPSA) is 83.8 Å². The van der Waals surface area contributed by atoms with E-state index in [2.05, 4.69) is 0 Å². The van der Waals surface area contributed by atoms with E-state index >= 15 is 0 Å². The zero-order valence-electron chi connectivity index (χ0n) is 14.0. The Bertz CT molecular complexity index is 814. The van der Waals surface area contributed by atoms with Gasteiger partial charge in [-0.3, -0.25) is 4.79 Å². The Morgan fingerprint density at radius 1 is 1.20 bits per heavy atom. The van der Waals surface area contributed by atoms with Crippen molar-refractivity contribution in [3.63, 3.8) is 0 Å². The molecule has 0 unspecified atom stereocenters. The molecule has 0 aromatic heterocycles. The number of carboxylic acids is 1. The van der Waals surface area contributed by atoms with Crippen LogP contribution in [0.2, 0.25) is 0 Å². The number of carbonyl (C=O) groups is 2. The minimum absolute atomic E-state index is 0.117. The van der Waals surface area contributed by atoms with Crippen molar-refractivity contribution in [1.82, 2.24) is 0 Å². The van der Waals surface area contributed by atoms with E-state index in [9.17, 15) is 19.1 Å². The first kappa shape index (κ1) is 18.4. The number of carboxylic acid groups (broad SMARTS) is 1. The van der Waals surface area contributed by atoms with Crippen molar-refractivity contribution in [2.24, 2.45) is 0 Å². The molecule has 0 atom stereocenters. The van der Waals surface area contributed by atoms with E-state index in [-0.39, 0.29) is 34.8 Å². The summed E-state index contributed by atoms with van der Waals surface area (Å²) in [6, 6.07) is 6.63. The van der Waals surface area contributed by atoms with Crippen LogP contribution < -0.4 is 4.74 Å². The summed E-state index contributed by atoms with van der Waals surface area (Å²) >= 11 is 0. The van der Waals surface area contributed by atoms with Gasteiger partial charge in [-0.1, -0.05) is 19.4 Å². The summed E-state index contributed by atoms with van der Waals surface area (Å²) in [5.74, 6) is -1.89. The molecule has 25 heavy (non-hydrogen) atoms. The van der Waals surface area contributed by atoms with E-state index in [1.807, 2.05) is 6.92 Å². The molecule has 0 bridgehead atoms. The van der Waals surface area contributed by atoms with Gasteiger partial charge in [-0.15, -0.1) is 0 Å². The third-order valence-electron chi connectivity index (χ3n) is 3.80. The average Bonchev–Trinajstić information content (AvgIpc) is 2.55. The Morgan fingerprint density at radius 3 is 2.48 bits per heavy atom. The summed E-state index contributed by atoms with van der Waals surface area (Å²) in [5.41, 5.74) is 0.768. The number of aromatic carboxylic acids is 1. The van der Waals surface area contributed by atoms with Crippen molar-refractivity contribution in [1.29, 1.82) is 0 Å². The second kappa shape index (κ2) is 7.79. The predicted molar refractivity (Wildman–Crippen MR) is 89.8 cm³/mol. The van der Waals surface area contributed by atoms with Crippen molar-refractivity contribution in [2.75, 3.05) is 0 Å². The zero-order valence-corrected chi connectivity index (χ0v) is 14.0. The van der Waals surface area contributed by atoms with Gasteiger partial charge in [0.1, 0.15) is 23.9 Å². The summed E-state index contributed by atoms with van der Waals surface area (Å²) in [6.45, 7) is 3.17. The summed E-state index contributed by atoms with van der Waals surface area (Å²) in [4.78, 5) is 22.4. The highest BCUT2D eigenvalue weighted by Crippen LogP contribution is 2.33. The first-order chi connectivity index (χ1) is 11.8. The molecule has 2 rings (SSSR count). The molecule has 2 aromatic rings. The van der Waals surface area contributed by atoms with Gasteiger partial charge < -0.3 is 14.9 Å². The molecule has 0 aliphatic carbocycles. The highest BCUT2D eigenvalue weighted by molar-refractivity contribution is 5.97. The van der Waals surface area contributed by atoms with E-state index < -0.39 is 11.8 Å². The molecule has 0 saturated heterocycles. The molecule has 2 aromatic carbocycles.